The summed E-state index contributed by atoms with van der Waals surface area (Å²) in [7, 11) is 0. The van der Waals surface area contributed by atoms with Crippen LogP contribution in [0.4, 0.5) is 5.69 Å². The minimum Gasteiger partial charge on any atom is -0.389 e. The average molecular weight is 263 g/mol. The standard InChI is InChI=1S/C16H25NO2/c1-11(2)16-10-13(8-9-19-16)17-15-7-5-4-6-14(15)12(3)18/h4-7,11-13,16-18H,8-10H2,1-3H3. The lowest BCUT2D eigenvalue weighted by Crippen LogP contribution is -2.36. The fraction of sp³-hybridized carbons (Fsp3) is 0.625. The van der Waals surface area contributed by atoms with Gasteiger partial charge in [-0.15, -0.1) is 0 Å². The summed E-state index contributed by atoms with van der Waals surface area (Å²) in [4.78, 5) is 0. The molecule has 2 rings (SSSR count). The lowest BCUT2D eigenvalue weighted by molar-refractivity contribution is -0.0161. The molecule has 1 aliphatic heterocycles. The second-order valence-electron chi connectivity index (χ2n) is 5.78. The first-order valence-corrected chi connectivity index (χ1v) is 7.23. The lowest BCUT2D eigenvalue weighted by atomic mass is 9.95. The first-order chi connectivity index (χ1) is 9.08. The summed E-state index contributed by atoms with van der Waals surface area (Å²) < 4.78 is 5.80. The molecule has 0 saturated carbocycles. The second-order valence-corrected chi connectivity index (χ2v) is 5.78. The number of aliphatic hydroxyl groups is 1. The number of benzene rings is 1. The highest BCUT2D eigenvalue weighted by Crippen LogP contribution is 2.27. The number of hydrogen-bond donors (Lipinski definition) is 2. The summed E-state index contributed by atoms with van der Waals surface area (Å²) in [5, 5.41) is 13.4. The van der Waals surface area contributed by atoms with Crippen molar-refractivity contribution in [2.75, 3.05) is 11.9 Å². The van der Waals surface area contributed by atoms with Crippen LogP contribution in [0.1, 0.15) is 45.3 Å². The summed E-state index contributed by atoms with van der Waals surface area (Å²) in [6.45, 7) is 7.03. The highest BCUT2D eigenvalue weighted by Gasteiger charge is 2.25. The van der Waals surface area contributed by atoms with Crippen molar-refractivity contribution in [1.29, 1.82) is 0 Å². The SMILES string of the molecule is CC(O)c1ccccc1NC1CCOC(C(C)C)C1. The number of para-hydroxylation sites is 1. The average Bonchev–Trinajstić information content (AvgIpc) is 2.39. The zero-order chi connectivity index (χ0) is 13.8. The molecule has 1 saturated heterocycles. The number of ether oxygens (including phenoxy) is 1. The fourth-order valence-electron chi connectivity index (χ4n) is 2.64. The van der Waals surface area contributed by atoms with Gasteiger partial charge in [0.1, 0.15) is 0 Å². The Bertz CT molecular complexity index is 403. The predicted octanol–water partition coefficient (Wildman–Crippen LogP) is 3.36. The maximum Gasteiger partial charge on any atom is 0.0781 e. The van der Waals surface area contributed by atoms with Gasteiger partial charge in [-0.25, -0.2) is 0 Å². The van der Waals surface area contributed by atoms with Gasteiger partial charge in [0.2, 0.25) is 0 Å². The van der Waals surface area contributed by atoms with E-state index in [1.807, 2.05) is 24.3 Å². The minimum absolute atomic E-state index is 0.338. The van der Waals surface area contributed by atoms with Gasteiger partial charge in [0, 0.05) is 23.9 Å². The summed E-state index contributed by atoms with van der Waals surface area (Å²) in [6, 6.07) is 8.43. The largest absolute Gasteiger partial charge is 0.389 e. The van der Waals surface area contributed by atoms with Gasteiger partial charge < -0.3 is 15.2 Å². The van der Waals surface area contributed by atoms with E-state index < -0.39 is 6.10 Å². The monoisotopic (exact) mass is 263 g/mol. The van der Waals surface area contributed by atoms with E-state index >= 15 is 0 Å². The Labute approximate surface area is 116 Å². The van der Waals surface area contributed by atoms with Gasteiger partial charge in [-0.2, -0.15) is 0 Å². The number of rotatable bonds is 4. The van der Waals surface area contributed by atoms with Gasteiger partial charge in [-0.05, 0) is 31.7 Å². The molecule has 0 radical (unpaired) electrons. The van der Waals surface area contributed by atoms with Crippen molar-refractivity contribution >= 4 is 5.69 Å². The van der Waals surface area contributed by atoms with E-state index in [1.165, 1.54) is 0 Å². The molecule has 0 aromatic heterocycles. The molecule has 1 aromatic rings. The van der Waals surface area contributed by atoms with Crippen LogP contribution < -0.4 is 5.32 Å². The van der Waals surface area contributed by atoms with Crippen molar-refractivity contribution in [1.82, 2.24) is 0 Å². The first kappa shape index (κ1) is 14.4. The Morgan fingerprint density at radius 1 is 1.26 bits per heavy atom. The van der Waals surface area contributed by atoms with Gasteiger partial charge in [-0.3, -0.25) is 0 Å². The van der Waals surface area contributed by atoms with Gasteiger partial charge in [0.25, 0.3) is 0 Å². The molecule has 0 amide bonds. The van der Waals surface area contributed by atoms with Crippen LogP contribution in [-0.2, 0) is 4.74 Å². The van der Waals surface area contributed by atoms with Gasteiger partial charge in [-0.1, -0.05) is 32.0 Å². The highest BCUT2D eigenvalue weighted by atomic mass is 16.5. The maximum atomic E-state index is 9.81. The number of hydrogen-bond acceptors (Lipinski definition) is 3. The highest BCUT2D eigenvalue weighted by molar-refractivity contribution is 5.52. The van der Waals surface area contributed by atoms with E-state index in [2.05, 4.69) is 19.2 Å². The molecule has 1 aromatic carbocycles. The molecule has 1 aliphatic rings. The number of anilines is 1. The lowest BCUT2D eigenvalue weighted by Gasteiger charge is -2.33. The topological polar surface area (TPSA) is 41.5 Å². The van der Waals surface area contributed by atoms with Crippen molar-refractivity contribution < 1.29 is 9.84 Å². The van der Waals surface area contributed by atoms with Crippen LogP contribution in [0.2, 0.25) is 0 Å². The van der Waals surface area contributed by atoms with E-state index in [9.17, 15) is 5.11 Å². The summed E-state index contributed by atoms with van der Waals surface area (Å²) in [5.41, 5.74) is 2.02. The molecule has 2 N–H and O–H groups in total. The molecule has 3 atom stereocenters. The van der Waals surface area contributed by atoms with Crippen molar-refractivity contribution in [3.8, 4) is 0 Å². The first-order valence-electron chi connectivity index (χ1n) is 7.23. The fourth-order valence-corrected chi connectivity index (χ4v) is 2.64. The zero-order valence-corrected chi connectivity index (χ0v) is 12.1. The van der Waals surface area contributed by atoms with E-state index in [0.29, 0.717) is 18.1 Å². The van der Waals surface area contributed by atoms with E-state index in [-0.39, 0.29) is 0 Å². The van der Waals surface area contributed by atoms with Crippen LogP contribution in [0, 0.1) is 5.92 Å². The van der Waals surface area contributed by atoms with Crippen LogP contribution in [-0.4, -0.2) is 23.9 Å². The summed E-state index contributed by atoms with van der Waals surface area (Å²) in [5.74, 6) is 0.552. The van der Waals surface area contributed by atoms with Crippen LogP contribution in [0.15, 0.2) is 24.3 Å². The molecule has 0 aliphatic carbocycles. The minimum atomic E-state index is -0.440. The molecule has 3 heteroatoms. The van der Waals surface area contributed by atoms with Crippen molar-refractivity contribution in [3.63, 3.8) is 0 Å². The van der Waals surface area contributed by atoms with Crippen LogP contribution in [0.25, 0.3) is 0 Å². The second kappa shape index (κ2) is 6.40. The molecule has 19 heavy (non-hydrogen) atoms. The maximum absolute atomic E-state index is 9.81. The smallest absolute Gasteiger partial charge is 0.0781 e. The third kappa shape index (κ3) is 3.71. The Morgan fingerprint density at radius 3 is 2.68 bits per heavy atom. The van der Waals surface area contributed by atoms with Gasteiger partial charge in [0.05, 0.1) is 12.2 Å². The van der Waals surface area contributed by atoms with Crippen molar-refractivity contribution in [2.45, 2.75) is 51.9 Å². The van der Waals surface area contributed by atoms with E-state index in [4.69, 9.17) is 4.74 Å². The van der Waals surface area contributed by atoms with E-state index in [1.54, 1.807) is 6.92 Å². The van der Waals surface area contributed by atoms with Crippen LogP contribution >= 0.6 is 0 Å². The third-order valence-electron chi connectivity index (χ3n) is 3.83. The molecule has 3 nitrogen and oxygen atoms in total. The van der Waals surface area contributed by atoms with Gasteiger partial charge in [0.15, 0.2) is 0 Å². The van der Waals surface area contributed by atoms with Gasteiger partial charge >= 0.3 is 0 Å². The van der Waals surface area contributed by atoms with Crippen LogP contribution in [0.3, 0.4) is 0 Å². The molecule has 3 unspecified atom stereocenters. The molecule has 1 fully saturated rings. The molecular weight excluding hydrogens is 238 g/mol. The third-order valence-corrected chi connectivity index (χ3v) is 3.83. The molecular formula is C16H25NO2. The Kier molecular flexibility index (Phi) is 4.83. The zero-order valence-electron chi connectivity index (χ0n) is 12.1. The Balaban J connectivity index is 2.04. The molecule has 106 valence electrons. The normalized spacial score (nSPS) is 25.3. The van der Waals surface area contributed by atoms with Crippen LogP contribution in [0.5, 0.6) is 0 Å². The molecule has 0 spiro atoms. The van der Waals surface area contributed by atoms with E-state index in [0.717, 1.165) is 30.7 Å². The summed E-state index contributed by atoms with van der Waals surface area (Å²) >= 11 is 0. The number of aliphatic hydroxyl groups excluding tert-OH is 1. The number of nitrogens with one attached hydrogen (secondary N) is 1. The molecule has 0 bridgehead atoms. The molecule has 1 heterocycles. The summed E-state index contributed by atoms with van der Waals surface area (Å²) in [6.07, 6.45) is 1.96. The predicted molar refractivity (Wildman–Crippen MR) is 78.3 cm³/mol. The Morgan fingerprint density at radius 2 is 2.00 bits per heavy atom. The quantitative estimate of drug-likeness (QED) is 0.875. The van der Waals surface area contributed by atoms with Crippen molar-refractivity contribution in [3.05, 3.63) is 29.8 Å². The van der Waals surface area contributed by atoms with Crippen molar-refractivity contribution in [2.24, 2.45) is 5.92 Å². The Hall–Kier alpha value is -1.06.